The van der Waals surface area contributed by atoms with Gasteiger partial charge in [0.15, 0.2) is 0 Å². The summed E-state index contributed by atoms with van der Waals surface area (Å²) in [6.07, 6.45) is 5.30. The minimum atomic E-state index is 1.05. The molecule has 0 atom stereocenters. The normalized spacial score (nSPS) is 10.5. The maximum absolute atomic E-state index is 4.03. The highest BCUT2D eigenvalue weighted by Crippen LogP contribution is 2.07. The molecular weight excluding hydrogens is 150 g/mol. The molecule has 1 aromatic rings. The molecule has 0 aliphatic heterocycles. The third kappa shape index (κ3) is 2.34. The van der Waals surface area contributed by atoms with Gasteiger partial charge < -0.3 is 5.32 Å². The molecule has 68 valence electrons. The molecule has 1 aromatic heterocycles. The number of H-pyrrole nitrogens is 1. The smallest absolute Gasteiger partial charge is 0.0522 e. The van der Waals surface area contributed by atoms with Crippen LogP contribution in [0.4, 0.5) is 0 Å². The molecule has 0 bridgehead atoms. The first-order chi connectivity index (χ1) is 5.88. The van der Waals surface area contributed by atoms with E-state index in [2.05, 4.69) is 22.4 Å². The third-order valence-electron chi connectivity index (χ3n) is 2.03. The van der Waals surface area contributed by atoms with Gasteiger partial charge in [-0.15, -0.1) is 0 Å². The van der Waals surface area contributed by atoms with Gasteiger partial charge in [-0.2, -0.15) is 5.10 Å². The average molecular weight is 167 g/mol. The molecule has 0 aliphatic rings. The van der Waals surface area contributed by atoms with Crippen molar-refractivity contribution in [2.75, 3.05) is 13.6 Å². The van der Waals surface area contributed by atoms with E-state index >= 15 is 0 Å². The lowest BCUT2D eigenvalue weighted by molar-refractivity contribution is 0.721. The fourth-order valence-corrected chi connectivity index (χ4v) is 1.32. The van der Waals surface area contributed by atoms with Crippen LogP contribution in [0.5, 0.6) is 0 Å². The van der Waals surface area contributed by atoms with Gasteiger partial charge in [-0.25, -0.2) is 0 Å². The van der Waals surface area contributed by atoms with E-state index in [1.165, 1.54) is 17.7 Å². The van der Waals surface area contributed by atoms with E-state index in [0.717, 1.165) is 19.4 Å². The Bertz CT molecular complexity index is 217. The zero-order valence-corrected chi connectivity index (χ0v) is 7.85. The first kappa shape index (κ1) is 9.26. The molecule has 0 unspecified atom stereocenters. The van der Waals surface area contributed by atoms with Gasteiger partial charge in [0.1, 0.15) is 0 Å². The van der Waals surface area contributed by atoms with Crippen molar-refractivity contribution in [2.45, 2.75) is 26.2 Å². The van der Waals surface area contributed by atoms with Gasteiger partial charge in [0.25, 0.3) is 0 Å². The van der Waals surface area contributed by atoms with Gasteiger partial charge in [0.2, 0.25) is 0 Å². The summed E-state index contributed by atoms with van der Waals surface area (Å²) in [5.74, 6) is 0. The highest BCUT2D eigenvalue weighted by Gasteiger charge is 2.01. The van der Waals surface area contributed by atoms with Crippen molar-refractivity contribution in [2.24, 2.45) is 0 Å². The molecule has 0 aromatic carbocycles. The van der Waals surface area contributed by atoms with Gasteiger partial charge >= 0.3 is 0 Å². The molecule has 0 aliphatic carbocycles. The molecule has 0 saturated heterocycles. The number of aryl methyl sites for hydroxylation is 2. The summed E-state index contributed by atoms with van der Waals surface area (Å²) in [6.45, 7) is 3.23. The van der Waals surface area contributed by atoms with E-state index in [1.54, 1.807) is 0 Å². The van der Waals surface area contributed by atoms with Crippen LogP contribution in [0.3, 0.4) is 0 Å². The van der Waals surface area contributed by atoms with Crippen molar-refractivity contribution in [1.29, 1.82) is 0 Å². The average Bonchev–Trinajstić information content (AvgIpc) is 2.52. The molecule has 3 heteroatoms. The fraction of sp³-hybridized carbons (Fsp3) is 0.667. The van der Waals surface area contributed by atoms with Crippen LogP contribution in [0.2, 0.25) is 0 Å². The molecule has 2 N–H and O–H groups in total. The summed E-state index contributed by atoms with van der Waals surface area (Å²) in [7, 11) is 1.98. The van der Waals surface area contributed by atoms with E-state index in [-0.39, 0.29) is 0 Å². The molecule has 0 amide bonds. The first-order valence-electron chi connectivity index (χ1n) is 4.54. The second-order valence-electron chi connectivity index (χ2n) is 2.93. The Morgan fingerprint density at radius 2 is 2.42 bits per heavy atom. The maximum atomic E-state index is 4.03. The third-order valence-corrected chi connectivity index (χ3v) is 2.03. The molecule has 12 heavy (non-hydrogen) atoms. The Labute approximate surface area is 73.6 Å². The summed E-state index contributed by atoms with van der Waals surface area (Å²) in [5, 5.41) is 10.2. The number of aromatic amines is 1. The first-order valence-corrected chi connectivity index (χ1v) is 4.54. The second-order valence-corrected chi connectivity index (χ2v) is 2.93. The summed E-state index contributed by atoms with van der Waals surface area (Å²) in [5.41, 5.74) is 2.65. The quantitative estimate of drug-likeness (QED) is 0.645. The van der Waals surface area contributed by atoms with E-state index in [0.29, 0.717) is 0 Å². The minimum Gasteiger partial charge on any atom is -0.320 e. The van der Waals surface area contributed by atoms with E-state index < -0.39 is 0 Å². The number of rotatable bonds is 5. The second kappa shape index (κ2) is 4.93. The van der Waals surface area contributed by atoms with Gasteiger partial charge in [0, 0.05) is 5.69 Å². The number of hydrogen-bond acceptors (Lipinski definition) is 2. The van der Waals surface area contributed by atoms with Crippen molar-refractivity contribution in [3.05, 3.63) is 17.5 Å². The molecular formula is C9H17N3. The predicted octanol–water partition coefficient (Wildman–Crippen LogP) is 1.12. The fourth-order valence-electron chi connectivity index (χ4n) is 1.32. The van der Waals surface area contributed by atoms with Crippen LogP contribution in [0, 0.1) is 0 Å². The SMILES string of the molecule is CCc1[nH]ncc1CCCNC. The zero-order valence-electron chi connectivity index (χ0n) is 7.85. The van der Waals surface area contributed by atoms with Crippen LogP contribution in [0.25, 0.3) is 0 Å². The number of aromatic nitrogens is 2. The Hall–Kier alpha value is -0.830. The lowest BCUT2D eigenvalue weighted by atomic mass is 10.1. The number of nitrogens with zero attached hydrogens (tertiary/aromatic N) is 1. The summed E-state index contributed by atoms with van der Waals surface area (Å²) < 4.78 is 0. The van der Waals surface area contributed by atoms with E-state index in [9.17, 15) is 0 Å². The van der Waals surface area contributed by atoms with Gasteiger partial charge in [-0.05, 0) is 38.4 Å². The van der Waals surface area contributed by atoms with Crippen molar-refractivity contribution < 1.29 is 0 Å². The molecule has 0 saturated carbocycles. The maximum Gasteiger partial charge on any atom is 0.0522 e. The molecule has 0 fully saturated rings. The lowest BCUT2D eigenvalue weighted by Gasteiger charge is -1.99. The van der Waals surface area contributed by atoms with Crippen LogP contribution in [-0.2, 0) is 12.8 Å². The van der Waals surface area contributed by atoms with Gasteiger partial charge in [0.05, 0.1) is 6.20 Å². The van der Waals surface area contributed by atoms with Gasteiger partial charge in [-0.1, -0.05) is 6.92 Å². The van der Waals surface area contributed by atoms with Gasteiger partial charge in [-0.3, -0.25) is 5.10 Å². The standard InChI is InChI=1S/C9H17N3/c1-3-9-8(7-11-12-9)5-4-6-10-2/h7,10H,3-6H2,1-2H3,(H,11,12). The Balaban J connectivity index is 2.39. The molecule has 0 spiro atoms. The molecule has 0 radical (unpaired) electrons. The highest BCUT2D eigenvalue weighted by atomic mass is 15.1. The van der Waals surface area contributed by atoms with Crippen molar-refractivity contribution in [3.8, 4) is 0 Å². The monoisotopic (exact) mass is 167 g/mol. The Morgan fingerprint density at radius 1 is 1.58 bits per heavy atom. The minimum absolute atomic E-state index is 1.05. The number of nitrogens with one attached hydrogen (secondary N) is 2. The topological polar surface area (TPSA) is 40.7 Å². The summed E-state index contributed by atoms with van der Waals surface area (Å²) >= 11 is 0. The summed E-state index contributed by atoms with van der Waals surface area (Å²) in [6, 6.07) is 0. The van der Waals surface area contributed by atoms with Crippen LogP contribution >= 0.6 is 0 Å². The Morgan fingerprint density at radius 3 is 3.08 bits per heavy atom. The lowest BCUT2D eigenvalue weighted by Crippen LogP contribution is -2.08. The van der Waals surface area contributed by atoms with Crippen molar-refractivity contribution >= 4 is 0 Å². The molecule has 3 nitrogen and oxygen atoms in total. The molecule has 1 heterocycles. The van der Waals surface area contributed by atoms with Crippen molar-refractivity contribution in [3.63, 3.8) is 0 Å². The number of hydrogen-bond donors (Lipinski definition) is 2. The van der Waals surface area contributed by atoms with Crippen LogP contribution in [0.15, 0.2) is 6.20 Å². The summed E-state index contributed by atoms with van der Waals surface area (Å²) in [4.78, 5) is 0. The van der Waals surface area contributed by atoms with Crippen LogP contribution in [-0.4, -0.2) is 23.8 Å². The molecule has 1 rings (SSSR count). The van der Waals surface area contributed by atoms with Crippen molar-refractivity contribution in [1.82, 2.24) is 15.5 Å². The zero-order chi connectivity index (χ0) is 8.81. The highest BCUT2D eigenvalue weighted by molar-refractivity contribution is 5.16. The van der Waals surface area contributed by atoms with E-state index in [4.69, 9.17) is 0 Å². The predicted molar refractivity (Wildman–Crippen MR) is 50.2 cm³/mol. The van der Waals surface area contributed by atoms with E-state index in [1.807, 2.05) is 13.2 Å². The largest absolute Gasteiger partial charge is 0.320 e. The Kier molecular flexibility index (Phi) is 3.80. The van der Waals surface area contributed by atoms with Crippen LogP contribution < -0.4 is 5.32 Å². The van der Waals surface area contributed by atoms with Crippen LogP contribution in [0.1, 0.15) is 24.6 Å².